The summed E-state index contributed by atoms with van der Waals surface area (Å²) >= 11 is 3.55. The number of amides is 1. The van der Waals surface area contributed by atoms with E-state index in [0.717, 1.165) is 24.8 Å². The Morgan fingerprint density at radius 2 is 1.94 bits per heavy atom. The fourth-order valence-corrected chi connectivity index (χ4v) is 2.23. The zero-order chi connectivity index (χ0) is 12.7. The van der Waals surface area contributed by atoms with E-state index in [-0.39, 0.29) is 5.91 Å². The predicted molar refractivity (Wildman–Crippen MR) is 75.8 cm³/mol. The lowest BCUT2D eigenvalue weighted by atomic mass is 10.1. The van der Waals surface area contributed by atoms with Gasteiger partial charge in [0, 0.05) is 16.9 Å². The molecular formula is C14H20BrNO. The van der Waals surface area contributed by atoms with Crippen LogP contribution in [-0.4, -0.2) is 17.3 Å². The summed E-state index contributed by atoms with van der Waals surface area (Å²) in [5.74, 6) is 0.00760. The van der Waals surface area contributed by atoms with Crippen molar-refractivity contribution in [1.29, 1.82) is 0 Å². The molecule has 0 aliphatic heterocycles. The minimum atomic E-state index is 0.00760. The quantitative estimate of drug-likeness (QED) is 0.800. The van der Waals surface area contributed by atoms with E-state index in [1.807, 2.05) is 24.3 Å². The molecule has 0 spiro atoms. The monoisotopic (exact) mass is 297 g/mol. The van der Waals surface area contributed by atoms with Crippen LogP contribution in [0.5, 0.6) is 0 Å². The van der Waals surface area contributed by atoms with Crippen molar-refractivity contribution in [2.45, 2.75) is 37.9 Å². The number of halogens is 1. The van der Waals surface area contributed by atoms with Crippen molar-refractivity contribution in [2.75, 3.05) is 6.54 Å². The average molecular weight is 298 g/mol. The van der Waals surface area contributed by atoms with Gasteiger partial charge in [-0.1, -0.05) is 48.3 Å². The van der Waals surface area contributed by atoms with E-state index >= 15 is 0 Å². The van der Waals surface area contributed by atoms with Crippen LogP contribution in [0.15, 0.2) is 24.3 Å². The smallest absolute Gasteiger partial charge is 0.251 e. The first-order valence-corrected chi connectivity index (χ1v) is 7.10. The fraction of sp³-hybridized carbons (Fsp3) is 0.500. The second-order valence-corrected chi connectivity index (χ2v) is 5.44. The van der Waals surface area contributed by atoms with E-state index in [0.29, 0.717) is 11.4 Å². The summed E-state index contributed by atoms with van der Waals surface area (Å²) in [4.78, 5) is 12.2. The molecule has 1 aromatic carbocycles. The molecule has 1 unspecified atom stereocenters. The van der Waals surface area contributed by atoms with Gasteiger partial charge < -0.3 is 5.32 Å². The fourth-order valence-electron chi connectivity index (χ4n) is 1.61. The van der Waals surface area contributed by atoms with Crippen LogP contribution in [0.1, 0.15) is 42.6 Å². The van der Waals surface area contributed by atoms with E-state index in [2.05, 4.69) is 35.1 Å². The summed E-state index contributed by atoms with van der Waals surface area (Å²) < 4.78 is 0. The second-order valence-electron chi connectivity index (χ2n) is 4.15. The lowest BCUT2D eigenvalue weighted by Gasteiger charge is -2.10. The third kappa shape index (κ3) is 4.90. The van der Waals surface area contributed by atoms with E-state index in [1.165, 1.54) is 5.56 Å². The lowest BCUT2D eigenvalue weighted by molar-refractivity contribution is 0.0953. The van der Waals surface area contributed by atoms with E-state index in [1.54, 1.807) is 0 Å². The Morgan fingerprint density at radius 3 is 2.47 bits per heavy atom. The number of hydrogen-bond donors (Lipinski definition) is 1. The summed E-state index contributed by atoms with van der Waals surface area (Å²) in [5, 5.41) is 2.94. The van der Waals surface area contributed by atoms with E-state index in [4.69, 9.17) is 0 Å². The molecular weight excluding hydrogens is 278 g/mol. The first kappa shape index (κ1) is 14.2. The number of rotatable bonds is 6. The van der Waals surface area contributed by atoms with E-state index in [9.17, 15) is 4.79 Å². The van der Waals surface area contributed by atoms with Crippen LogP contribution in [0, 0.1) is 0 Å². The Balaban J connectivity index is 2.46. The Kier molecular flexibility index (Phi) is 6.27. The summed E-state index contributed by atoms with van der Waals surface area (Å²) in [6.07, 6.45) is 3.20. The van der Waals surface area contributed by atoms with Crippen molar-refractivity contribution in [3.8, 4) is 0 Å². The summed E-state index contributed by atoms with van der Waals surface area (Å²) in [6, 6.07) is 7.79. The number of nitrogens with one attached hydrogen (secondary N) is 1. The van der Waals surface area contributed by atoms with Crippen molar-refractivity contribution in [2.24, 2.45) is 0 Å². The molecule has 17 heavy (non-hydrogen) atoms. The number of alkyl halides is 1. The minimum absolute atomic E-state index is 0.00760. The Bertz CT molecular complexity index is 348. The molecule has 0 aliphatic rings. The zero-order valence-electron chi connectivity index (χ0n) is 10.5. The number of carbonyl (C=O) groups is 1. The molecule has 0 aliphatic carbocycles. The summed E-state index contributed by atoms with van der Waals surface area (Å²) in [5.41, 5.74) is 1.99. The van der Waals surface area contributed by atoms with Crippen LogP contribution in [0.25, 0.3) is 0 Å². The van der Waals surface area contributed by atoms with Gasteiger partial charge in [0.25, 0.3) is 5.91 Å². The molecule has 1 atom stereocenters. The van der Waals surface area contributed by atoms with Crippen molar-refractivity contribution in [3.63, 3.8) is 0 Å². The lowest BCUT2D eigenvalue weighted by Crippen LogP contribution is -2.29. The van der Waals surface area contributed by atoms with Gasteiger partial charge in [0.2, 0.25) is 0 Å². The molecule has 0 radical (unpaired) electrons. The van der Waals surface area contributed by atoms with E-state index < -0.39 is 0 Å². The average Bonchev–Trinajstić information content (AvgIpc) is 2.36. The van der Waals surface area contributed by atoms with Gasteiger partial charge in [0.05, 0.1) is 0 Å². The molecule has 0 bridgehead atoms. The highest BCUT2D eigenvalue weighted by Gasteiger charge is 2.07. The number of carbonyl (C=O) groups excluding carboxylic acids is 1. The predicted octanol–water partition coefficient (Wildman–Crippen LogP) is 3.54. The largest absolute Gasteiger partial charge is 0.351 e. The van der Waals surface area contributed by atoms with Gasteiger partial charge in [0.1, 0.15) is 0 Å². The Morgan fingerprint density at radius 1 is 1.29 bits per heavy atom. The topological polar surface area (TPSA) is 29.1 Å². The minimum Gasteiger partial charge on any atom is -0.351 e. The molecule has 0 saturated carbocycles. The molecule has 3 heteroatoms. The molecule has 1 rings (SSSR count). The molecule has 0 aromatic heterocycles. The van der Waals surface area contributed by atoms with Crippen LogP contribution < -0.4 is 5.32 Å². The van der Waals surface area contributed by atoms with Crippen molar-refractivity contribution in [3.05, 3.63) is 35.4 Å². The number of hydrogen-bond acceptors (Lipinski definition) is 1. The van der Waals surface area contributed by atoms with Crippen molar-refractivity contribution in [1.82, 2.24) is 5.32 Å². The highest BCUT2D eigenvalue weighted by molar-refractivity contribution is 9.09. The van der Waals surface area contributed by atoms with Crippen molar-refractivity contribution < 1.29 is 4.79 Å². The maximum atomic E-state index is 11.8. The first-order valence-electron chi connectivity index (χ1n) is 6.18. The van der Waals surface area contributed by atoms with Gasteiger partial charge in [0.15, 0.2) is 0 Å². The van der Waals surface area contributed by atoms with Gasteiger partial charge in [-0.15, -0.1) is 0 Å². The molecule has 94 valence electrons. The third-order valence-corrected chi connectivity index (χ3v) is 3.49. The molecule has 1 aromatic rings. The molecule has 0 heterocycles. The van der Waals surface area contributed by atoms with Gasteiger partial charge in [-0.25, -0.2) is 0 Å². The number of aryl methyl sites for hydroxylation is 1. The SMILES string of the molecule is CCCC(Br)CNC(=O)c1ccc(CC)cc1. The maximum absolute atomic E-state index is 11.8. The van der Waals surface area contributed by atoms with Crippen LogP contribution in [-0.2, 0) is 6.42 Å². The molecule has 0 fully saturated rings. The zero-order valence-corrected chi connectivity index (χ0v) is 12.1. The normalized spacial score (nSPS) is 12.2. The molecule has 1 amide bonds. The van der Waals surface area contributed by atoms with Crippen LogP contribution >= 0.6 is 15.9 Å². The van der Waals surface area contributed by atoms with Gasteiger partial charge in [-0.05, 0) is 30.5 Å². The third-order valence-electron chi connectivity index (χ3n) is 2.71. The first-order chi connectivity index (χ1) is 8.17. The van der Waals surface area contributed by atoms with Gasteiger partial charge in [-0.3, -0.25) is 4.79 Å². The van der Waals surface area contributed by atoms with Gasteiger partial charge in [-0.2, -0.15) is 0 Å². The van der Waals surface area contributed by atoms with Crippen LogP contribution in [0.3, 0.4) is 0 Å². The second kappa shape index (κ2) is 7.49. The van der Waals surface area contributed by atoms with Gasteiger partial charge >= 0.3 is 0 Å². The maximum Gasteiger partial charge on any atom is 0.251 e. The number of benzene rings is 1. The summed E-state index contributed by atoms with van der Waals surface area (Å²) in [7, 11) is 0. The molecule has 0 saturated heterocycles. The highest BCUT2D eigenvalue weighted by atomic mass is 79.9. The summed E-state index contributed by atoms with van der Waals surface area (Å²) in [6.45, 7) is 4.93. The molecule has 1 N–H and O–H groups in total. The molecule has 2 nitrogen and oxygen atoms in total. The standard InChI is InChI=1S/C14H20BrNO/c1-3-5-13(15)10-16-14(17)12-8-6-11(4-2)7-9-12/h6-9,13H,3-5,10H2,1-2H3,(H,16,17). The van der Waals surface area contributed by atoms with Crippen molar-refractivity contribution >= 4 is 21.8 Å². The Hall–Kier alpha value is -0.830. The highest BCUT2D eigenvalue weighted by Crippen LogP contribution is 2.08. The Labute approximate surface area is 112 Å². The van der Waals surface area contributed by atoms with Crippen LogP contribution in [0.2, 0.25) is 0 Å². The van der Waals surface area contributed by atoms with Crippen LogP contribution in [0.4, 0.5) is 0 Å².